The fraction of sp³-hybridized carbons (Fsp3) is 0.188. The molecule has 0 aromatic carbocycles. The Morgan fingerprint density at radius 3 is 2.36 bits per heavy atom. The van der Waals surface area contributed by atoms with E-state index in [9.17, 15) is 22.0 Å². The minimum absolute atomic E-state index is 0.161. The molecular formula is C16H10ClF5N6. The standard InChI is InChI=1S/C16H10ClF5N6/c1-15(18,19)11-7-8(5-6-23-11)24-14-27-12(26-13(17)28-14)9-3-2-4-10(25-9)16(20,21)22/h2-7H,1H3,(H,23,24,26,27,28). The van der Waals surface area contributed by atoms with E-state index < -0.39 is 23.5 Å². The maximum atomic E-state index is 13.4. The minimum atomic E-state index is -4.65. The molecule has 0 saturated carbocycles. The largest absolute Gasteiger partial charge is 0.433 e. The fourth-order valence-electron chi connectivity index (χ4n) is 2.12. The molecule has 6 nitrogen and oxygen atoms in total. The van der Waals surface area contributed by atoms with Gasteiger partial charge >= 0.3 is 6.18 Å². The van der Waals surface area contributed by atoms with Gasteiger partial charge in [0.15, 0.2) is 5.82 Å². The third-order valence-corrected chi connectivity index (χ3v) is 3.51. The summed E-state index contributed by atoms with van der Waals surface area (Å²) in [7, 11) is 0. The first kappa shape index (κ1) is 19.8. The second-order valence-corrected chi connectivity index (χ2v) is 5.94. The number of halogens is 6. The van der Waals surface area contributed by atoms with Crippen LogP contribution in [0.5, 0.6) is 0 Å². The minimum Gasteiger partial charge on any atom is -0.324 e. The fourth-order valence-corrected chi connectivity index (χ4v) is 2.28. The molecule has 1 N–H and O–H groups in total. The predicted molar refractivity (Wildman–Crippen MR) is 90.2 cm³/mol. The number of nitrogens with one attached hydrogen (secondary N) is 1. The number of pyridine rings is 2. The molecule has 0 aliphatic rings. The third kappa shape index (κ3) is 4.66. The third-order valence-electron chi connectivity index (χ3n) is 3.34. The second-order valence-electron chi connectivity index (χ2n) is 5.60. The molecule has 0 atom stereocenters. The van der Waals surface area contributed by atoms with Crippen molar-refractivity contribution in [1.29, 1.82) is 0 Å². The molecule has 3 heterocycles. The Labute approximate surface area is 159 Å². The van der Waals surface area contributed by atoms with Crippen molar-refractivity contribution in [2.45, 2.75) is 19.0 Å². The van der Waals surface area contributed by atoms with Crippen molar-refractivity contribution in [1.82, 2.24) is 24.9 Å². The van der Waals surface area contributed by atoms with Crippen molar-refractivity contribution in [2.75, 3.05) is 5.32 Å². The highest BCUT2D eigenvalue weighted by Gasteiger charge is 2.32. The van der Waals surface area contributed by atoms with Crippen LogP contribution in [0, 0.1) is 0 Å². The summed E-state index contributed by atoms with van der Waals surface area (Å²) in [6.07, 6.45) is -3.49. The molecule has 0 fully saturated rings. The second kappa shape index (κ2) is 7.23. The normalized spacial score (nSPS) is 12.1. The Morgan fingerprint density at radius 2 is 1.68 bits per heavy atom. The molecule has 0 saturated heterocycles. The quantitative estimate of drug-likeness (QED) is 0.612. The van der Waals surface area contributed by atoms with Crippen LogP contribution in [0.4, 0.5) is 33.6 Å². The van der Waals surface area contributed by atoms with Gasteiger partial charge in [0.2, 0.25) is 11.2 Å². The van der Waals surface area contributed by atoms with Crippen LogP contribution in [-0.2, 0) is 12.1 Å². The van der Waals surface area contributed by atoms with Gasteiger partial charge in [-0.3, -0.25) is 4.98 Å². The summed E-state index contributed by atoms with van der Waals surface area (Å²) in [4.78, 5) is 18.6. The van der Waals surface area contributed by atoms with Gasteiger partial charge in [-0.2, -0.15) is 36.9 Å². The molecule has 0 aliphatic heterocycles. The van der Waals surface area contributed by atoms with Crippen LogP contribution in [-0.4, -0.2) is 24.9 Å². The van der Waals surface area contributed by atoms with Crippen LogP contribution in [0.25, 0.3) is 11.5 Å². The van der Waals surface area contributed by atoms with Gasteiger partial charge in [-0.25, -0.2) is 4.98 Å². The molecular weight excluding hydrogens is 407 g/mol. The van der Waals surface area contributed by atoms with E-state index in [1.165, 1.54) is 12.1 Å². The number of anilines is 2. The number of rotatable bonds is 4. The number of hydrogen-bond acceptors (Lipinski definition) is 6. The average molecular weight is 417 g/mol. The lowest BCUT2D eigenvalue weighted by Gasteiger charge is -2.12. The van der Waals surface area contributed by atoms with Crippen LogP contribution in [0.15, 0.2) is 36.5 Å². The summed E-state index contributed by atoms with van der Waals surface area (Å²) in [6.45, 7) is 0.691. The molecule has 3 aromatic heterocycles. The van der Waals surface area contributed by atoms with E-state index in [0.29, 0.717) is 6.92 Å². The zero-order valence-corrected chi connectivity index (χ0v) is 14.7. The first-order valence-electron chi connectivity index (χ1n) is 7.60. The molecule has 146 valence electrons. The van der Waals surface area contributed by atoms with Crippen molar-refractivity contribution in [2.24, 2.45) is 0 Å². The summed E-state index contributed by atoms with van der Waals surface area (Å²) < 4.78 is 65.3. The van der Waals surface area contributed by atoms with Crippen LogP contribution in [0.2, 0.25) is 5.28 Å². The van der Waals surface area contributed by atoms with Crippen molar-refractivity contribution >= 4 is 23.2 Å². The van der Waals surface area contributed by atoms with Gasteiger partial charge in [-0.05, 0) is 35.9 Å². The van der Waals surface area contributed by atoms with E-state index in [0.717, 1.165) is 24.4 Å². The van der Waals surface area contributed by atoms with Gasteiger partial charge in [-0.1, -0.05) is 6.07 Å². The maximum absolute atomic E-state index is 13.4. The van der Waals surface area contributed by atoms with Gasteiger partial charge in [0.25, 0.3) is 5.92 Å². The number of alkyl halides is 5. The van der Waals surface area contributed by atoms with Crippen molar-refractivity contribution in [3.8, 4) is 11.5 Å². The van der Waals surface area contributed by atoms with E-state index in [1.54, 1.807) is 0 Å². The zero-order chi connectivity index (χ0) is 20.5. The molecule has 0 radical (unpaired) electrons. The topological polar surface area (TPSA) is 76.5 Å². The molecule has 3 aromatic rings. The zero-order valence-electron chi connectivity index (χ0n) is 14.0. The highest BCUT2D eigenvalue weighted by atomic mass is 35.5. The van der Waals surface area contributed by atoms with Gasteiger partial charge < -0.3 is 5.32 Å². The van der Waals surface area contributed by atoms with Crippen molar-refractivity contribution in [3.05, 3.63) is 53.2 Å². The Morgan fingerprint density at radius 1 is 0.929 bits per heavy atom. The SMILES string of the molecule is CC(F)(F)c1cc(Nc2nc(Cl)nc(-c3cccc(C(F)(F)F)n3)n2)ccn1. The van der Waals surface area contributed by atoms with E-state index in [-0.39, 0.29) is 28.4 Å². The molecule has 0 spiro atoms. The van der Waals surface area contributed by atoms with Gasteiger partial charge in [0, 0.05) is 18.8 Å². The monoisotopic (exact) mass is 416 g/mol. The number of nitrogens with zero attached hydrogens (tertiary/aromatic N) is 5. The Kier molecular flexibility index (Phi) is 5.11. The van der Waals surface area contributed by atoms with Gasteiger partial charge in [0.1, 0.15) is 17.1 Å². The summed E-state index contributed by atoms with van der Waals surface area (Å²) in [5, 5.41) is 2.32. The van der Waals surface area contributed by atoms with Crippen molar-refractivity contribution in [3.63, 3.8) is 0 Å². The Hall–Kier alpha value is -2.95. The lowest BCUT2D eigenvalue weighted by Crippen LogP contribution is -2.10. The van der Waals surface area contributed by atoms with Gasteiger partial charge in [-0.15, -0.1) is 0 Å². The lowest BCUT2D eigenvalue weighted by atomic mass is 10.2. The average Bonchev–Trinajstić information content (AvgIpc) is 2.60. The van der Waals surface area contributed by atoms with E-state index >= 15 is 0 Å². The molecule has 0 unspecified atom stereocenters. The summed E-state index contributed by atoms with van der Waals surface area (Å²) >= 11 is 5.82. The Bertz CT molecular complexity index is 1010. The highest BCUT2D eigenvalue weighted by Crippen LogP contribution is 2.30. The highest BCUT2D eigenvalue weighted by molar-refractivity contribution is 6.28. The molecule has 28 heavy (non-hydrogen) atoms. The molecule has 0 amide bonds. The van der Waals surface area contributed by atoms with E-state index in [4.69, 9.17) is 11.6 Å². The van der Waals surface area contributed by atoms with Crippen LogP contribution >= 0.6 is 11.6 Å². The lowest BCUT2D eigenvalue weighted by molar-refractivity contribution is -0.141. The number of aromatic nitrogens is 5. The summed E-state index contributed by atoms with van der Waals surface area (Å²) in [5.41, 5.74) is -1.62. The number of hydrogen-bond donors (Lipinski definition) is 1. The first-order chi connectivity index (χ1) is 13.0. The molecule has 0 aliphatic carbocycles. The summed E-state index contributed by atoms with van der Waals surface area (Å²) in [6, 6.07) is 5.69. The maximum Gasteiger partial charge on any atom is 0.433 e. The molecule has 12 heteroatoms. The summed E-state index contributed by atoms with van der Waals surface area (Å²) in [5.74, 6) is -3.55. The van der Waals surface area contributed by atoms with E-state index in [1.807, 2.05) is 0 Å². The first-order valence-corrected chi connectivity index (χ1v) is 7.98. The van der Waals surface area contributed by atoms with Crippen molar-refractivity contribution < 1.29 is 22.0 Å². The van der Waals surface area contributed by atoms with Crippen LogP contribution in [0.3, 0.4) is 0 Å². The van der Waals surface area contributed by atoms with Crippen LogP contribution < -0.4 is 5.32 Å². The predicted octanol–water partition coefficient (Wildman–Crippen LogP) is 4.86. The van der Waals surface area contributed by atoms with Crippen LogP contribution in [0.1, 0.15) is 18.3 Å². The molecule has 0 bridgehead atoms. The van der Waals surface area contributed by atoms with Gasteiger partial charge in [0.05, 0.1) is 0 Å². The van der Waals surface area contributed by atoms with E-state index in [2.05, 4.69) is 30.2 Å². The smallest absolute Gasteiger partial charge is 0.324 e. The molecule has 3 rings (SSSR count). The Balaban J connectivity index is 1.95.